The minimum Gasteiger partial charge on any atom is -0.488 e. The molecular formula is C17H16Br2O. The quantitative estimate of drug-likeness (QED) is 0.609. The summed E-state index contributed by atoms with van der Waals surface area (Å²) in [5.41, 5.74) is 5.14. The number of halogens is 2. The Balaban J connectivity index is 1.88. The molecule has 1 aliphatic rings. The standard InChI is InChI=1S/C17H16Br2O/c1-10-8-14(18)11(2)7-13(10)17(19)16-9-12-5-3-4-6-15(12)20-16/h3-8,16-17H,9H2,1-2H3. The maximum atomic E-state index is 6.09. The molecule has 2 aromatic rings. The predicted octanol–water partition coefficient (Wildman–Crippen LogP) is 5.51. The molecule has 0 saturated carbocycles. The van der Waals surface area contributed by atoms with Gasteiger partial charge < -0.3 is 4.74 Å². The third-order valence-electron chi connectivity index (χ3n) is 3.84. The van der Waals surface area contributed by atoms with Gasteiger partial charge in [0.1, 0.15) is 11.9 Å². The van der Waals surface area contributed by atoms with Crippen molar-refractivity contribution < 1.29 is 4.74 Å². The summed E-state index contributed by atoms with van der Waals surface area (Å²) >= 11 is 7.43. The van der Waals surface area contributed by atoms with Gasteiger partial charge in [0.2, 0.25) is 0 Å². The van der Waals surface area contributed by atoms with Crippen LogP contribution in [0.15, 0.2) is 40.9 Å². The molecule has 1 aliphatic heterocycles. The molecule has 0 aliphatic carbocycles. The number of aryl methyl sites for hydroxylation is 2. The molecule has 0 spiro atoms. The van der Waals surface area contributed by atoms with Crippen LogP contribution in [0.1, 0.15) is 27.1 Å². The molecule has 1 nitrogen and oxygen atoms in total. The summed E-state index contributed by atoms with van der Waals surface area (Å²) in [4.78, 5) is 0.210. The zero-order valence-corrected chi connectivity index (χ0v) is 14.7. The normalized spacial score (nSPS) is 18.5. The first-order valence-corrected chi connectivity index (χ1v) is 8.42. The van der Waals surface area contributed by atoms with E-state index < -0.39 is 0 Å². The Morgan fingerprint density at radius 1 is 1.15 bits per heavy atom. The topological polar surface area (TPSA) is 9.23 Å². The summed E-state index contributed by atoms with van der Waals surface area (Å²) in [5.74, 6) is 1.02. The highest BCUT2D eigenvalue weighted by atomic mass is 79.9. The lowest BCUT2D eigenvalue weighted by Gasteiger charge is -2.21. The first-order valence-electron chi connectivity index (χ1n) is 6.71. The third kappa shape index (κ3) is 2.53. The van der Waals surface area contributed by atoms with E-state index in [9.17, 15) is 0 Å². The van der Waals surface area contributed by atoms with Crippen molar-refractivity contribution in [3.05, 3.63) is 63.1 Å². The van der Waals surface area contributed by atoms with E-state index in [-0.39, 0.29) is 10.9 Å². The number of rotatable bonds is 2. The van der Waals surface area contributed by atoms with Crippen LogP contribution in [0.5, 0.6) is 5.75 Å². The second-order valence-electron chi connectivity index (χ2n) is 5.33. The Labute approximate surface area is 136 Å². The van der Waals surface area contributed by atoms with Crippen LogP contribution in [-0.4, -0.2) is 6.10 Å². The van der Waals surface area contributed by atoms with E-state index in [0.29, 0.717) is 0 Å². The Morgan fingerprint density at radius 2 is 1.90 bits per heavy atom. The number of fused-ring (bicyclic) bond motifs is 1. The largest absolute Gasteiger partial charge is 0.488 e. The number of ether oxygens (including phenoxy) is 1. The van der Waals surface area contributed by atoms with Gasteiger partial charge in [-0.15, -0.1) is 0 Å². The van der Waals surface area contributed by atoms with Crippen molar-refractivity contribution in [3.8, 4) is 5.75 Å². The van der Waals surface area contributed by atoms with Crippen LogP contribution in [0.4, 0.5) is 0 Å². The first-order chi connectivity index (χ1) is 9.56. The molecule has 0 saturated heterocycles. The second kappa shape index (κ2) is 5.53. The number of hydrogen-bond donors (Lipinski definition) is 0. The van der Waals surface area contributed by atoms with Gasteiger partial charge in [0, 0.05) is 10.9 Å². The third-order valence-corrected chi connectivity index (χ3v) is 5.78. The Kier molecular flexibility index (Phi) is 3.91. The van der Waals surface area contributed by atoms with E-state index in [2.05, 4.69) is 76.0 Å². The van der Waals surface area contributed by atoms with Gasteiger partial charge in [0.25, 0.3) is 0 Å². The molecule has 0 fully saturated rings. The molecule has 104 valence electrons. The van der Waals surface area contributed by atoms with Crippen molar-refractivity contribution in [2.45, 2.75) is 31.2 Å². The molecule has 0 aromatic heterocycles. The fraction of sp³-hybridized carbons (Fsp3) is 0.294. The molecular weight excluding hydrogens is 380 g/mol. The highest BCUT2D eigenvalue weighted by Crippen LogP contribution is 2.40. The molecule has 3 rings (SSSR count). The minimum absolute atomic E-state index is 0.159. The van der Waals surface area contributed by atoms with E-state index in [4.69, 9.17) is 4.74 Å². The SMILES string of the molecule is Cc1cc(C(Br)C2Cc3ccccc3O2)c(C)cc1Br. The molecule has 20 heavy (non-hydrogen) atoms. The van der Waals surface area contributed by atoms with Gasteiger partial charge in [-0.1, -0.05) is 56.1 Å². The molecule has 2 atom stereocenters. The fourth-order valence-electron chi connectivity index (χ4n) is 2.67. The lowest BCUT2D eigenvalue weighted by Crippen LogP contribution is -2.20. The van der Waals surface area contributed by atoms with Gasteiger partial charge in [-0.2, -0.15) is 0 Å². The van der Waals surface area contributed by atoms with E-state index >= 15 is 0 Å². The summed E-state index contributed by atoms with van der Waals surface area (Å²) in [6.07, 6.45) is 1.12. The molecule has 2 aromatic carbocycles. The van der Waals surface area contributed by atoms with Crippen molar-refractivity contribution in [1.82, 2.24) is 0 Å². The summed E-state index contributed by atoms with van der Waals surface area (Å²) in [7, 11) is 0. The Bertz CT molecular complexity index is 626. The highest BCUT2D eigenvalue weighted by molar-refractivity contribution is 9.10. The van der Waals surface area contributed by atoms with Crippen LogP contribution in [0.3, 0.4) is 0 Å². The van der Waals surface area contributed by atoms with Gasteiger partial charge in [-0.3, -0.25) is 0 Å². The minimum atomic E-state index is 0.159. The van der Waals surface area contributed by atoms with Crippen molar-refractivity contribution in [1.29, 1.82) is 0 Å². The lowest BCUT2D eigenvalue weighted by molar-refractivity contribution is 0.231. The van der Waals surface area contributed by atoms with Crippen LogP contribution in [0.2, 0.25) is 0 Å². The summed E-state index contributed by atoms with van der Waals surface area (Å²) in [6.45, 7) is 4.27. The van der Waals surface area contributed by atoms with E-state index in [1.807, 2.05) is 6.07 Å². The number of benzene rings is 2. The van der Waals surface area contributed by atoms with Crippen molar-refractivity contribution >= 4 is 31.9 Å². The summed E-state index contributed by atoms with van der Waals surface area (Å²) in [6, 6.07) is 12.7. The molecule has 0 bridgehead atoms. The Morgan fingerprint density at radius 3 is 2.65 bits per heavy atom. The molecule has 2 unspecified atom stereocenters. The van der Waals surface area contributed by atoms with Crippen LogP contribution >= 0.6 is 31.9 Å². The molecule has 3 heteroatoms. The van der Waals surface area contributed by atoms with Gasteiger partial charge in [-0.25, -0.2) is 0 Å². The van der Waals surface area contributed by atoms with Crippen LogP contribution < -0.4 is 4.74 Å². The molecule has 0 radical (unpaired) electrons. The zero-order valence-electron chi connectivity index (χ0n) is 11.5. The lowest BCUT2D eigenvalue weighted by atomic mass is 9.98. The van der Waals surface area contributed by atoms with Gasteiger partial charge in [-0.05, 0) is 48.2 Å². The van der Waals surface area contributed by atoms with Gasteiger partial charge >= 0.3 is 0 Å². The van der Waals surface area contributed by atoms with E-state index in [1.54, 1.807) is 0 Å². The summed E-state index contributed by atoms with van der Waals surface area (Å²) < 4.78 is 7.25. The Hall–Kier alpha value is -0.800. The van der Waals surface area contributed by atoms with Crippen molar-refractivity contribution in [2.24, 2.45) is 0 Å². The van der Waals surface area contributed by atoms with Crippen molar-refractivity contribution in [2.75, 3.05) is 0 Å². The second-order valence-corrected chi connectivity index (χ2v) is 7.17. The monoisotopic (exact) mass is 394 g/mol. The van der Waals surface area contributed by atoms with Gasteiger partial charge in [0.05, 0.1) is 4.83 Å². The fourth-order valence-corrected chi connectivity index (χ4v) is 3.92. The van der Waals surface area contributed by atoms with E-state index in [1.165, 1.54) is 22.3 Å². The maximum absolute atomic E-state index is 6.09. The molecule has 0 N–H and O–H groups in total. The first kappa shape index (κ1) is 14.2. The molecule has 0 amide bonds. The number of hydrogen-bond acceptors (Lipinski definition) is 1. The van der Waals surface area contributed by atoms with Gasteiger partial charge in [0.15, 0.2) is 0 Å². The van der Waals surface area contributed by atoms with Crippen LogP contribution in [0, 0.1) is 13.8 Å². The number of alkyl halides is 1. The smallest absolute Gasteiger partial charge is 0.123 e. The van der Waals surface area contributed by atoms with E-state index in [0.717, 1.165) is 16.6 Å². The number of para-hydroxylation sites is 1. The average Bonchev–Trinajstić information content (AvgIpc) is 2.86. The average molecular weight is 396 g/mol. The van der Waals surface area contributed by atoms with Crippen molar-refractivity contribution in [3.63, 3.8) is 0 Å². The summed E-state index contributed by atoms with van der Waals surface area (Å²) in [5, 5.41) is 0. The zero-order chi connectivity index (χ0) is 14.3. The maximum Gasteiger partial charge on any atom is 0.123 e. The van der Waals surface area contributed by atoms with Crippen LogP contribution in [0.25, 0.3) is 0 Å². The molecule has 1 heterocycles. The van der Waals surface area contributed by atoms with Crippen LogP contribution in [-0.2, 0) is 6.42 Å². The highest BCUT2D eigenvalue weighted by Gasteiger charge is 2.30. The predicted molar refractivity (Wildman–Crippen MR) is 89.8 cm³/mol.